The summed E-state index contributed by atoms with van der Waals surface area (Å²) in [6.45, 7) is 4.57. The van der Waals surface area contributed by atoms with Gasteiger partial charge in [0.25, 0.3) is 0 Å². The lowest BCUT2D eigenvalue weighted by atomic mass is 10.1. The van der Waals surface area contributed by atoms with E-state index in [2.05, 4.69) is 10.3 Å². The maximum atomic E-state index is 12.7. The molecule has 6 heteroatoms. The molecule has 1 N–H and O–H groups in total. The van der Waals surface area contributed by atoms with Crippen LogP contribution in [0.15, 0.2) is 35.1 Å². The topological polar surface area (TPSA) is 75.4 Å². The van der Waals surface area contributed by atoms with Crippen LogP contribution in [0.5, 0.6) is 0 Å². The molecule has 132 valence electrons. The summed E-state index contributed by atoms with van der Waals surface area (Å²) in [5.41, 5.74) is 2.53. The molecule has 1 aromatic carbocycles. The first-order valence-electron chi connectivity index (χ1n) is 8.71. The lowest BCUT2D eigenvalue weighted by molar-refractivity contribution is -0.136. The molecule has 2 aromatic rings. The molecule has 0 bridgehead atoms. The van der Waals surface area contributed by atoms with Gasteiger partial charge in [-0.05, 0) is 49.9 Å². The van der Waals surface area contributed by atoms with Crippen LogP contribution in [0.1, 0.15) is 38.2 Å². The predicted octanol–water partition coefficient (Wildman–Crippen LogP) is 3.38. The lowest BCUT2D eigenvalue weighted by Crippen LogP contribution is -2.43. The lowest BCUT2D eigenvalue weighted by Gasteiger charge is -2.24. The Labute approximate surface area is 147 Å². The SMILES string of the molecule is CCCC(=O)N1CCC[C@H]1C(=O)Nc1ccc(-c2ncco2)cc1C. The maximum absolute atomic E-state index is 12.7. The van der Waals surface area contributed by atoms with Gasteiger partial charge in [-0.2, -0.15) is 0 Å². The van der Waals surface area contributed by atoms with E-state index < -0.39 is 0 Å². The molecular weight excluding hydrogens is 318 g/mol. The highest BCUT2D eigenvalue weighted by Crippen LogP contribution is 2.25. The second-order valence-corrected chi connectivity index (χ2v) is 6.35. The molecule has 0 saturated carbocycles. The van der Waals surface area contributed by atoms with Gasteiger partial charge in [-0.3, -0.25) is 9.59 Å². The molecule has 0 aliphatic carbocycles. The fraction of sp³-hybridized carbons (Fsp3) is 0.421. The first-order valence-corrected chi connectivity index (χ1v) is 8.71. The van der Waals surface area contributed by atoms with Crippen LogP contribution in [0.25, 0.3) is 11.5 Å². The van der Waals surface area contributed by atoms with Crippen molar-refractivity contribution < 1.29 is 14.0 Å². The quantitative estimate of drug-likeness (QED) is 0.904. The summed E-state index contributed by atoms with van der Waals surface area (Å²) in [6, 6.07) is 5.27. The second kappa shape index (κ2) is 7.51. The average molecular weight is 341 g/mol. The van der Waals surface area contributed by atoms with Crippen LogP contribution < -0.4 is 5.32 Å². The number of anilines is 1. The van der Waals surface area contributed by atoms with Crippen molar-refractivity contribution in [2.45, 2.75) is 45.6 Å². The van der Waals surface area contributed by atoms with E-state index in [4.69, 9.17) is 4.42 Å². The van der Waals surface area contributed by atoms with Gasteiger partial charge in [0.05, 0.1) is 6.20 Å². The van der Waals surface area contributed by atoms with Crippen molar-refractivity contribution in [2.75, 3.05) is 11.9 Å². The van der Waals surface area contributed by atoms with Crippen LogP contribution >= 0.6 is 0 Å². The number of likely N-dealkylation sites (tertiary alicyclic amines) is 1. The fourth-order valence-electron chi connectivity index (χ4n) is 3.21. The Bertz CT molecular complexity index is 755. The number of nitrogens with one attached hydrogen (secondary N) is 1. The van der Waals surface area contributed by atoms with Gasteiger partial charge in [0.1, 0.15) is 12.3 Å². The number of benzene rings is 1. The summed E-state index contributed by atoms with van der Waals surface area (Å²) < 4.78 is 5.30. The molecule has 1 atom stereocenters. The zero-order valence-electron chi connectivity index (χ0n) is 14.6. The Morgan fingerprint density at radius 1 is 1.40 bits per heavy atom. The number of aryl methyl sites for hydroxylation is 1. The Hall–Kier alpha value is -2.63. The van der Waals surface area contributed by atoms with E-state index in [0.29, 0.717) is 25.3 Å². The Morgan fingerprint density at radius 3 is 2.92 bits per heavy atom. The Kier molecular flexibility index (Phi) is 5.16. The highest BCUT2D eigenvalue weighted by molar-refractivity contribution is 5.98. The van der Waals surface area contributed by atoms with Gasteiger partial charge >= 0.3 is 0 Å². The predicted molar refractivity (Wildman–Crippen MR) is 94.9 cm³/mol. The third-order valence-corrected chi connectivity index (χ3v) is 4.50. The number of hydrogen-bond donors (Lipinski definition) is 1. The van der Waals surface area contributed by atoms with Crippen molar-refractivity contribution in [1.29, 1.82) is 0 Å². The first-order chi connectivity index (χ1) is 12.1. The minimum atomic E-state index is -0.370. The number of rotatable bonds is 5. The summed E-state index contributed by atoms with van der Waals surface area (Å²) in [7, 11) is 0. The number of hydrogen-bond acceptors (Lipinski definition) is 4. The van der Waals surface area contributed by atoms with E-state index >= 15 is 0 Å². The van der Waals surface area contributed by atoms with E-state index in [0.717, 1.165) is 29.7 Å². The number of oxazole rings is 1. The van der Waals surface area contributed by atoms with E-state index in [-0.39, 0.29) is 17.9 Å². The van der Waals surface area contributed by atoms with Crippen molar-refractivity contribution in [3.05, 3.63) is 36.2 Å². The number of aromatic nitrogens is 1. The van der Waals surface area contributed by atoms with E-state index in [1.807, 2.05) is 32.0 Å². The van der Waals surface area contributed by atoms with Crippen LogP contribution in [0, 0.1) is 6.92 Å². The largest absolute Gasteiger partial charge is 0.445 e. The number of amides is 2. The molecule has 1 saturated heterocycles. The van der Waals surface area contributed by atoms with Crippen molar-refractivity contribution in [3.63, 3.8) is 0 Å². The zero-order valence-corrected chi connectivity index (χ0v) is 14.6. The molecule has 1 aliphatic heterocycles. The van der Waals surface area contributed by atoms with Crippen LogP contribution in [-0.4, -0.2) is 34.3 Å². The van der Waals surface area contributed by atoms with E-state index in [1.165, 1.54) is 6.26 Å². The molecule has 2 amide bonds. The van der Waals surface area contributed by atoms with E-state index in [1.54, 1.807) is 11.1 Å². The fourth-order valence-corrected chi connectivity index (χ4v) is 3.21. The maximum Gasteiger partial charge on any atom is 0.247 e. The summed E-state index contributed by atoms with van der Waals surface area (Å²) in [5, 5.41) is 2.97. The smallest absolute Gasteiger partial charge is 0.247 e. The number of nitrogens with zero attached hydrogens (tertiary/aromatic N) is 2. The molecule has 0 radical (unpaired) electrons. The molecule has 1 aromatic heterocycles. The van der Waals surface area contributed by atoms with Gasteiger partial charge in [0, 0.05) is 24.2 Å². The highest BCUT2D eigenvalue weighted by Gasteiger charge is 2.33. The zero-order chi connectivity index (χ0) is 17.8. The number of carbonyl (C=O) groups excluding carboxylic acids is 2. The van der Waals surface area contributed by atoms with Crippen LogP contribution in [-0.2, 0) is 9.59 Å². The Balaban J connectivity index is 1.71. The normalized spacial score (nSPS) is 16.9. The second-order valence-electron chi connectivity index (χ2n) is 6.35. The number of carbonyl (C=O) groups is 2. The average Bonchev–Trinajstić information content (AvgIpc) is 3.28. The molecule has 2 heterocycles. The van der Waals surface area contributed by atoms with Crippen molar-refractivity contribution in [2.24, 2.45) is 0 Å². The molecule has 1 fully saturated rings. The monoisotopic (exact) mass is 341 g/mol. The molecule has 1 aliphatic rings. The molecular formula is C19H23N3O3. The van der Waals surface area contributed by atoms with Gasteiger partial charge in [0.15, 0.2) is 0 Å². The third-order valence-electron chi connectivity index (χ3n) is 4.50. The van der Waals surface area contributed by atoms with Gasteiger partial charge in [0.2, 0.25) is 17.7 Å². The molecule has 0 unspecified atom stereocenters. The van der Waals surface area contributed by atoms with Crippen molar-refractivity contribution >= 4 is 17.5 Å². The molecule has 0 spiro atoms. The van der Waals surface area contributed by atoms with Gasteiger partial charge in [-0.15, -0.1) is 0 Å². The van der Waals surface area contributed by atoms with Gasteiger partial charge in [-0.25, -0.2) is 4.98 Å². The summed E-state index contributed by atoms with van der Waals surface area (Å²) in [4.78, 5) is 30.7. The summed E-state index contributed by atoms with van der Waals surface area (Å²) >= 11 is 0. The Morgan fingerprint density at radius 2 is 2.24 bits per heavy atom. The summed E-state index contributed by atoms with van der Waals surface area (Å²) in [6.07, 6.45) is 6.01. The van der Waals surface area contributed by atoms with Crippen LogP contribution in [0.2, 0.25) is 0 Å². The summed E-state index contributed by atoms with van der Waals surface area (Å²) in [5.74, 6) is 0.498. The van der Waals surface area contributed by atoms with Crippen LogP contribution in [0.4, 0.5) is 5.69 Å². The third kappa shape index (κ3) is 3.73. The first kappa shape index (κ1) is 17.2. The highest BCUT2D eigenvalue weighted by atomic mass is 16.3. The van der Waals surface area contributed by atoms with Crippen LogP contribution in [0.3, 0.4) is 0 Å². The minimum Gasteiger partial charge on any atom is -0.445 e. The van der Waals surface area contributed by atoms with Gasteiger partial charge in [-0.1, -0.05) is 6.92 Å². The van der Waals surface area contributed by atoms with Gasteiger partial charge < -0.3 is 14.6 Å². The van der Waals surface area contributed by atoms with Crippen molar-refractivity contribution in [3.8, 4) is 11.5 Å². The van der Waals surface area contributed by atoms with E-state index in [9.17, 15) is 9.59 Å². The standard InChI is InChI=1S/C19H23N3O3/c1-3-5-17(23)22-10-4-6-16(22)18(24)21-15-8-7-14(12-13(15)2)19-20-9-11-25-19/h7-9,11-12,16H,3-6,10H2,1-2H3,(H,21,24)/t16-/m0/s1. The minimum absolute atomic E-state index is 0.0658. The molecule has 25 heavy (non-hydrogen) atoms. The van der Waals surface area contributed by atoms with Crippen molar-refractivity contribution in [1.82, 2.24) is 9.88 Å². The molecule has 6 nitrogen and oxygen atoms in total. The molecule has 3 rings (SSSR count).